The van der Waals surface area contributed by atoms with Gasteiger partial charge in [-0.2, -0.15) is 0 Å². The molecule has 7 heteroatoms. The number of benzene rings is 1. The van der Waals surface area contributed by atoms with Gasteiger partial charge in [0.2, 0.25) is 5.91 Å². The van der Waals surface area contributed by atoms with Crippen molar-refractivity contribution < 1.29 is 4.79 Å². The second kappa shape index (κ2) is 7.36. The highest BCUT2D eigenvalue weighted by atomic mass is 35.5. The molecule has 1 heterocycles. The third kappa shape index (κ3) is 3.53. The monoisotopic (exact) mass is 350 g/mol. The van der Waals surface area contributed by atoms with E-state index >= 15 is 0 Å². The molecule has 1 saturated carbocycles. The van der Waals surface area contributed by atoms with Gasteiger partial charge < -0.3 is 5.32 Å². The average Bonchev–Trinajstić information content (AvgIpc) is 3.22. The summed E-state index contributed by atoms with van der Waals surface area (Å²) in [6, 6.07) is 8.06. The predicted octanol–water partition coefficient (Wildman–Crippen LogP) is 3.55. The van der Waals surface area contributed by atoms with Crippen molar-refractivity contribution in [1.29, 1.82) is 0 Å². The van der Waals surface area contributed by atoms with Gasteiger partial charge >= 0.3 is 0 Å². The van der Waals surface area contributed by atoms with Gasteiger partial charge in [0.15, 0.2) is 11.0 Å². The minimum atomic E-state index is -0.0183. The van der Waals surface area contributed by atoms with Crippen molar-refractivity contribution in [1.82, 2.24) is 20.1 Å². The molecule has 0 aliphatic heterocycles. The molecule has 1 aliphatic carbocycles. The van der Waals surface area contributed by atoms with Crippen LogP contribution in [0.1, 0.15) is 31.7 Å². The van der Waals surface area contributed by atoms with Crippen LogP contribution in [-0.2, 0) is 4.79 Å². The van der Waals surface area contributed by atoms with E-state index < -0.39 is 0 Å². The second-order valence-electron chi connectivity index (χ2n) is 5.56. The summed E-state index contributed by atoms with van der Waals surface area (Å²) in [7, 11) is 1.64. The number of nitrogens with one attached hydrogen (secondary N) is 1. The van der Waals surface area contributed by atoms with Crippen LogP contribution >= 0.6 is 23.4 Å². The molecule has 0 saturated heterocycles. The van der Waals surface area contributed by atoms with Gasteiger partial charge in [0, 0.05) is 18.7 Å². The van der Waals surface area contributed by atoms with Crippen LogP contribution in [0.5, 0.6) is 0 Å². The van der Waals surface area contributed by atoms with Gasteiger partial charge in [0.1, 0.15) is 0 Å². The number of halogens is 1. The lowest BCUT2D eigenvalue weighted by Crippen LogP contribution is -2.20. The van der Waals surface area contributed by atoms with E-state index in [0.29, 0.717) is 16.8 Å². The zero-order chi connectivity index (χ0) is 16.2. The van der Waals surface area contributed by atoms with Gasteiger partial charge in [-0.05, 0) is 25.0 Å². The molecule has 1 aromatic heterocycles. The van der Waals surface area contributed by atoms with Crippen molar-refractivity contribution in [2.45, 2.75) is 36.9 Å². The number of carbonyl (C=O) groups is 1. The van der Waals surface area contributed by atoms with E-state index in [1.54, 1.807) is 7.05 Å². The van der Waals surface area contributed by atoms with Crippen molar-refractivity contribution in [3.63, 3.8) is 0 Å². The lowest BCUT2D eigenvalue weighted by Gasteiger charge is -2.17. The molecule has 0 spiro atoms. The third-order valence-corrected chi connectivity index (χ3v) is 5.35. The highest BCUT2D eigenvalue weighted by molar-refractivity contribution is 7.99. The quantitative estimate of drug-likeness (QED) is 0.838. The van der Waals surface area contributed by atoms with Crippen molar-refractivity contribution in [2.75, 3.05) is 12.8 Å². The zero-order valence-electron chi connectivity index (χ0n) is 13.0. The summed E-state index contributed by atoms with van der Waals surface area (Å²) in [5.74, 6) is 1.11. The zero-order valence-corrected chi connectivity index (χ0v) is 14.5. The second-order valence-corrected chi connectivity index (χ2v) is 6.91. The van der Waals surface area contributed by atoms with Crippen LogP contribution < -0.4 is 5.32 Å². The van der Waals surface area contributed by atoms with Gasteiger partial charge in [-0.15, -0.1) is 10.2 Å². The Labute approximate surface area is 144 Å². The van der Waals surface area contributed by atoms with Crippen LogP contribution in [-0.4, -0.2) is 33.5 Å². The molecule has 5 nitrogen and oxygen atoms in total. The van der Waals surface area contributed by atoms with Crippen LogP contribution in [0.2, 0.25) is 5.02 Å². The minimum absolute atomic E-state index is 0.0183. The summed E-state index contributed by atoms with van der Waals surface area (Å²) in [6.07, 6.45) is 4.65. The smallest absolute Gasteiger partial charge is 0.230 e. The van der Waals surface area contributed by atoms with E-state index in [9.17, 15) is 4.79 Å². The molecule has 3 rings (SSSR count). The number of aromatic nitrogens is 3. The van der Waals surface area contributed by atoms with Crippen LogP contribution in [0.25, 0.3) is 11.4 Å². The summed E-state index contributed by atoms with van der Waals surface area (Å²) in [5, 5.41) is 12.8. The standard InChI is InChI=1S/C16H19ClN4OS/c1-18-14(22)10-23-16-20-19-15(12-8-4-5-9-13(12)17)21(16)11-6-2-3-7-11/h4-5,8-9,11H,2-3,6-7,10H2,1H3,(H,18,22). The Morgan fingerprint density at radius 1 is 1.35 bits per heavy atom. The molecule has 2 aromatic rings. The number of carbonyl (C=O) groups excluding carboxylic acids is 1. The average molecular weight is 351 g/mol. The first kappa shape index (κ1) is 16.3. The maximum atomic E-state index is 11.5. The summed E-state index contributed by atoms with van der Waals surface area (Å²) < 4.78 is 2.17. The van der Waals surface area contributed by atoms with Crippen LogP contribution in [0.3, 0.4) is 0 Å². The minimum Gasteiger partial charge on any atom is -0.358 e. The van der Waals surface area contributed by atoms with E-state index in [1.165, 1.54) is 24.6 Å². The molecule has 1 fully saturated rings. The lowest BCUT2D eigenvalue weighted by atomic mass is 10.2. The Morgan fingerprint density at radius 3 is 2.78 bits per heavy atom. The largest absolute Gasteiger partial charge is 0.358 e. The molecule has 122 valence electrons. The van der Waals surface area contributed by atoms with E-state index in [0.717, 1.165) is 29.4 Å². The Bertz CT molecular complexity index is 697. The summed E-state index contributed by atoms with van der Waals surface area (Å²) in [6.45, 7) is 0. The Balaban J connectivity index is 1.97. The molecule has 1 N–H and O–H groups in total. The lowest BCUT2D eigenvalue weighted by molar-refractivity contribution is -0.118. The molecule has 1 amide bonds. The molecule has 0 radical (unpaired) electrons. The fraction of sp³-hybridized carbons (Fsp3) is 0.438. The fourth-order valence-electron chi connectivity index (χ4n) is 2.90. The maximum absolute atomic E-state index is 11.5. The molecular formula is C16H19ClN4OS. The van der Waals surface area contributed by atoms with E-state index in [4.69, 9.17) is 11.6 Å². The Morgan fingerprint density at radius 2 is 2.09 bits per heavy atom. The van der Waals surface area contributed by atoms with Crippen LogP contribution in [0, 0.1) is 0 Å². The first-order valence-corrected chi connectivity index (χ1v) is 9.10. The number of rotatable bonds is 5. The van der Waals surface area contributed by atoms with Gasteiger partial charge in [-0.3, -0.25) is 9.36 Å². The first-order valence-electron chi connectivity index (χ1n) is 7.74. The van der Waals surface area contributed by atoms with E-state index in [-0.39, 0.29) is 5.91 Å². The molecule has 1 aliphatic rings. The van der Waals surface area contributed by atoms with Gasteiger partial charge in [-0.25, -0.2) is 0 Å². The van der Waals surface area contributed by atoms with Crippen molar-refractivity contribution in [3.8, 4) is 11.4 Å². The summed E-state index contributed by atoms with van der Waals surface area (Å²) in [4.78, 5) is 11.5. The number of nitrogens with zero attached hydrogens (tertiary/aromatic N) is 3. The molecule has 23 heavy (non-hydrogen) atoms. The van der Waals surface area contributed by atoms with Crippen LogP contribution in [0.15, 0.2) is 29.4 Å². The van der Waals surface area contributed by atoms with Crippen molar-refractivity contribution in [2.24, 2.45) is 0 Å². The maximum Gasteiger partial charge on any atom is 0.230 e. The number of hydrogen-bond donors (Lipinski definition) is 1. The highest BCUT2D eigenvalue weighted by Crippen LogP contribution is 2.38. The highest BCUT2D eigenvalue weighted by Gasteiger charge is 2.25. The number of amides is 1. The Kier molecular flexibility index (Phi) is 5.23. The van der Waals surface area contributed by atoms with Crippen LogP contribution in [0.4, 0.5) is 0 Å². The third-order valence-electron chi connectivity index (χ3n) is 4.08. The number of thioether (sulfide) groups is 1. The molecular weight excluding hydrogens is 332 g/mol. The molecule has 0 unspecified atom stereocenters. The first-order chi connectivity index (χ1) is 11.2. The number of hydrogen-bond acceptors (Lipinski definition) is 4. The van der Waals surface area contributed by atoms with E-state index in [2.05, 4.69) is 20.1 Å². The van der Waals surface area contributed by atoms with Crippen molar-refractivity contribution in [3.05, 3.63) is 29.3 Å². The fourth-order valence-corrected chi connectivity index (χ4v) is 3.99. The topological polar surface area (TPSA) is 59.8 Å². The molecule has 1 aromatic carbocycles. The van der Waals surface area contributed by atoms with Gasteiger partial charge in [-0.1, -0.05) is 48.3 Å². The van der Waals surface area contributed by atoms with Gasteiger partial charge in [0.25, 0.3) is 0 Å². The SMILES string of the molecule is CNC(=O)CSc1nnc(-c2ccccc2Cl)n1C1CCCC1. The normalized spacial score (nSPS) is 15.0. The van der Waals surface area contributed by atoms with E-state index in [1.807, 2.05) is 24.3 Å². The van der Waals surface area contributed by atoms with Gasteiger partial charge in [0.05, 0.1) is 10.8 Å². The molecule has 0 bridgehead atoms. The molecule has 0 atom stereocenters. The summed E-state index contributed by atoms with van der Waals surface area (Å²) >= 11 is 7.77. The summed E-state index contributed by atoms with van der Waals surface area (Å²) in [5.41, 5.74) is 0.889. The Hall–Kier alpha value is -1.53. The predicted molar refractivity (Wildman–Crippen MR) is 92.8 cm³/mol. The van der Waals surface area contributed by atoms with Crippen molar-refractivity contribution >= 4 is 29.3 Å².